The van der Waals surface area contributed by atoms with E-state index in [-0.39, 0.29) is 17.9 Å². The second-order valence-corrected chi connectivity index (χ2v) is 9.24. The topological polar surface area (TPSA) is 128 Å². The Labute approximate surface area is 167 Å². The average molecular weight is 431 g/mol. The molecule has 2 aliphatic heterocycles. The highest BCUT2D eigenvalue weighted by molar-refractivity contribution is 7.90. The van der Waals surface area contributed by atoms with Gasteiger partial charge in [0.15, 0.2) is 21.5 Å². The zero-order chi connectivity index (χ0) is 21.3. The number of halogens is 2. The molecule has 29 heavy (non-hydrogen) atoms. The molecule has 0 aliphatic carbocycles. The number of amides is 1. The van der Waals surface area contributed by atoms with Crippen LogP contribution in [0.3, 0.4) is 0 Å². The van der Waals surface area contributed by atoms with Crippen molar-refractivity contribution in [3.05, 3.63) is 23.8 Å². The number of nitrogens with two attached hydrogens (primary N) is 1. The smallest absolute Gasteiger partial charge is 0.245 e. The number of oxime groups is 1. The molecule has 12 heteroatoms. The fraction of sp³-hybridized carbons (Fsp3) is 0.529. The van der Waals surface area contributed by atoms with Crippen molar-refractivity contribution in [2.24, 2.45) is 10.9 Å². The number of anilines is 1. The third-order valence-electron chi connectivity index (χ3n) is 5.33. The van der Waals surface area contributed by atoms with Crippen molar-refractivity contribution in [1.29, 1.82) is 0 Å². The summed E-state index contributed by atoms with van der Waals surface area (Å²) in [4.78, 5) is 15.7. The molecule has 0 aromatic heterocycles. The summed E-state index contributed by atoms with van der Waals surface area (Å²) in [5.74, 6) is -2.37. The average Bonchev–Trinajstić information content (AvgIpc) is 3.03. The second-order valence-electron chi connectivity index (χ2n) is 7.23. The van der Waals surface area contributed by atoms with Gasteiger partial charge in [0, 0.05) is 31.9 Å². The van der Waals surface area contributed by atoms with Crippen LogP contribution in [0.5, 0.6) is 0 Å². The minimum Gasteiger partial charge on any atom is -0.408 e. The van der Waals surface area contributed by atoms with Gasteiger partial charge in [-0.3, -0.25) is 4.79 Å². The number of rotatable bonds is 4. The van der Waals surface area contributed by atoms with Crippen molar-refractivity contribution in [1.82, 2.24) is 9.80 Å². The molecular weight excluding hydrogens is 408 g/mol. The molecule has 2 heterocycles. The van der Waals surface area contributed by atoms with E-state index in [1.165, 1.54) is 0 Å². The van der Waals surface area contributed by atoms with Gasteiger partial charge in [0.1, 0.15) is 11.7 Å². The number of nitrogens with zero attached hydrogens (tertiary/aromatic N) is 3. The number of likely N-dealkylation sites (tertiary alicyclic amines) is 2. The largest absolute Gasteiger partial charge is 0.408 e. The number of carbonyl (C=O) groups excluding carboxylic acids is 1. The number of carbonyl (C=O) groups is 1. The van der Waals surface area contributed by atoms with E-state index in [4.69, 9.17) is 10.9 Å². The van der Waals surface area contributed by atoms with Gasteiger partial charge in [0.25, 0.3) is 0 Å². The molecule has 9 nitrogen and oxygen atoms in total. The first-order valence-electron chi connectivity index (χ1n) is 9.10. The maximum Gasteiger partial charge on any atom is 0.245 e. The van der Waals surface area contributed by atoms with Crippen molar-refractivity contribution in [3.63, 3.8) is 0 Å². The molecule has 4 N–H and O–H groups in total. The van der Waals surface area contributed by atoms with Gasteiger partial charge >= 0.3 is 0 Å². The molecule has 2 fully saturated rings. The highest BCUT2D eigenvalue weighted by Crippen LogP contribution is 2.28. The Balaban J connectivity index is 1.67. The Morgan fingerprint density at radius 1 is 1.21 bits per heavy atom. The van der Waals surface area contributed by atoms with Gasteiger partial charge in [-0.15, -0.1) is 0 Å². The van der Waals surface area contributed by atoms with E-state index in [0.29, 0.717) is 38.9 Å². The van der Waals surface area contributed by atoms with E-state index >= 15 is 0 Å². The van der Waals surface area contributed by atoms with E-state index in [2.05, 4.69) is 10.5 Å². The predicted molar refractivity (Wildman–Crippen MR) is 101 cm³/mol. The lowest BCUT2D eigenvalue weighted by atomic mass is 10.0. The summed E-state index contributed by atoms with van der Waals surface area (Å²) in [7, 11) is -3.76. The summed E-state index contributed by atoms with van der Waals surface area (Å²) in [6.45, 7) is 1.49. The summed E-state index contributed by atoms with van der Waals surface area (Å²) in [6, 6.07) is 0.631. The summed E-state index contributed by atoms with van der Waals surface area (Å²) >= 11 is 0. The lowest BCUT2D eigenvalue weighted by Gasteiger charge is -2.36. The summed E-state index contributed by atoms with van der Waals surface area (Å²) in [6.07, 6.45) is 2.48. The van der Waals surface area contributed by atoms with Gasteiger partial charge in [-0.2, -0.15) is 0 Å². The molecule has 0 saturated carbocycles. The van der Waals surface area contributed by atoms with Crippen molar-refractivity contribution >= 4 is 27.4 Å². The monoisotopic (exact) mass is 431 g/mol. The molecule has 1 aromatic rings. The number of nitrogens with one attached hydrogen (secondary N) is 1. The van der Waals surface area contributed by atoms with Gasteiger partial charge in [-0.05, 0) is 31.4 Å². The van der Waals surface area contributed by atoms with E-state index in [1.807, 2.05) is 0 Å². The van der Waals surface area contributed by atoms with Crippen LogP contribution in [-0.2, 0) is 14.6 Å². The molecule has 0 radical (unpaired) electrons. The first kappa shape index (κ1) is 21.1. The van der Waals surface area contributed by atoms with Gasteiger partial charge < -0.3 is 26.1 Å². The molecule has 1 atom stereocenters. The van der Waals surface area contributed by atoms with Crippen LogP contribution in [0.2, 0.25) is 0 Å². The van der Waals surface area contributed by atoms with Crippen molar-refractivity contribution in [2.75, 3.05) is 31.2 Å². The summed E-state index contributed by atoms with van der Waals surface area (Å²) in [5, 5.41) is 14.3. The molecule has 1 amide bonds. The Morgan fingerprint density at radius 2 is 1.79 bits per heavy atom. The third-order valence-corrected chi connectivity index (χ3v) is 6.43. The molecule has 3 rings (SSSR count). The van der Waals surface area contributed by atoms with Crippen LogP contribution in [0.15, 0.2) is 22.2 Å². The lowest BCUT2D eigenvalue weighted by Crippen LogP contribution is -2.50. The molecule has 0 bridgehead atoms. The third kappa shape index (κ3) is 4.36. The normalized spacial score (nSPS) is 21.7. The molecule has 2 aliphatic rings. The Bertz CT molecular complexity index is 909. The van der Waals surface area contributed by atoms with Crippen LogP contribution in [0.1, 0.15) is 19.3 Å². The van der Waals surface area contributed by atoms with E-state index in [0.717, 1.165) is 18.4 Å². The Kier molecular flexibility index (Phi) is 5.82. The van der Waals surface area contributed by atoms with Crippen molar-refractivity contribution < 1.29 is 27.2 Å². The highest BCUT2D eigenvalue weighted by atomic mass is 32.2. The van der Waals surface area contributed by atoms with E-state index in [9.17, 15) is 22.0 Å². The number of benzene rings is 1. The van der Waals surface area contributed by atoms with Gasteiger partial charge in [-0.25, -0.2) is 17.2 Å². The minimum atomic E-state index is -3.76. The van der Waals surface area contributed by atoms with Crippen molar-refractivity contribution in [2.45, 2.75) is 36.2 Å². The maximum absolute atomic E-state index is 14.3. The van der Waals surface area contributed by atoms with Crippen LogP contribution in [0.4, 0.5) is 14.5 Å². The molecular formula is C17H23F2N5O4S. The first-order valence-corrected chi connectivity index (χ1v) is 11.0. The number of hydrogen-bond donors (Lipinski definition) is 3. The van der Waals surface area contributed by atoms with E-state index in [1.54, 1.807) is 9.80 Å². The number of sulfone groups is 1. The summed E-state index contributed by atoms with van der Waals surface area (Å²) < 4.78 is 51.6. The highest BCUT2D eigenvalue weighted by Gasteiger charge is 2.38. The van der Waals surface area contributed by atoms with Gasteiger partial charge in [0.2, 0.25) is 11.9 Å². The quantitative estimate of drug-likeness (QED) is 0.275. The Morgan fingerprint density at radius 3 is 2.31 bits per heavy atom. The van der Waals surface area contributed by atoms with Gasteiger partial charge in [-0.1, -0.05) is 5.16 Å². The predicted octanol–water partition coefficient (Wildman–Crippen LogP) is 0.549. The van der Waals surface area contributed by atoms with Crippen LogP contribution in [0, 0.1) is 11.6 Å². The van der Waals surface area contributed by atoms with Crippen LogP contribution in [0.25, 0.3) is 0 Å². The number of hydrogen-bond acceptors (Lipinski definition) is 6. The number of guanidine groups is 1. The fourth-order valence-corrected chi connectivity index (χ4v) is 4.38. The molecule has 1 aromatic carbocycles. The maximum atomic E-state index is 14.3. The second kappa shape index (κ2) is 8.01. The molecule has 1 unspecified atom stereocenters. The van der Waals surface area contributed by atoms with Crippen LogP contribution in [-0.4, -0.2) is 73.3 Å². The zero-order valence-electron chi connectivity index (χ0n) is 15.8. The fourth-order valence-electron chi connectivity index (χ4n) is 3.74. The molecule has 0 spiro atoms. The summed E-state index contributed by atoms with van der Waals surface area (Å²) in [5.41, 5.74) is 5.06. The molecule has 160 valence electrons. The van der Waals surface area contributed by atoms with Crippen LogP contribution >= 0.6 is 0 Å². The SMILES string of the molecule is CS(=O)(=O)c1cc(F)c(NC2CCN(C3CCN(C(N)=NO)CC3)C2=O)c(F)c1. The number of piperidine rings is 1. The minimum absolute atomic E-state index is 0.0271. The standard InChI is InChI=1S/C17H23F2N5O4S/c1-29(27,28)11-8-12(18)15(13(19)9-11)21-14-4-7-24(16(14)25)10-2-5-23(6-3-10)17(20)22-26/h8-10,14,21,26H,2-7H2,1H3,(H2,20,22). The van der Waals surface area contributed by atoms with Crippen LogP contribution < -0.4 is 11.1 Å². The zero-order valence-corrected chi connectivity index (χ0v) is 16.6. The van der Waals surface area contributed by atoms with Gasteiger partial charge in [0.05, 0.1) is 4.90 Å². The molecule has 2 saturated heterocycles. The first-order chi connectivity index (χ1) is 13.6. The van der Waals surface area contributed by atoms with E-state index < -0.39 is 38.1 Å². The Hall–Kier alpha value is -2.63. The van der Waals surface area contributed by atoms with Crippen molar-refractivity contribution in [3.8, 4) is 0 Å². The lowest BCUT2D eigenvalue weighted by molar-refractivity contribution is -0.131.